The van der Waals surface area contributed by atoms with E-state index in [1.807, 2.05) is 0 Å². The number of rotatable bonds is 9. The summed E-state index contributed by atoms with van der Waals surface area (Å²) in [5, 5.41) is 11.6. The SMILES string of the molecule is COc1cc(C(=O)N(C)CCOc2ccccc2F)c([N+](=O)[O-])c(OC)c1OC. The molecule has 1 amide bonds. The number of hydrogen-bond donors (Lipinski definition) is 0. The van der Waals surface area contributed by atoms with Crippen molar-refractivity contribution in [1.29, 1.82) is 0 Å². The zero-order valence-electron chi connectivity index (χ0n) is 16.4. The van der Waals surface area contributed by atoms with Crippen LogP contribution in [-0.4, -0.2) is 57.3 Å². The molecule has 2 aromatic rings. The third kappa shape index (κ3) is 4.65. The molecule has 9 nitrogen and oxygen atoms in total. The number of benzene rings is 2. The second kappa shape index (κ2) is 9.58. The zero-order valence-corrected chi connectivity index (χ0v) is 16.4. The summed E-state index contributed by atoms with van der Waals surface area (Å²) in [5.41, 5.74) is -0.782. The Morgan fingerprint density at radius 1 is 1.10 bits per heavy atom. The van der Waals surface area contributed by atoms with Crippen LogP contribution in [0.15, 0.2) is 30.3 Å². The number of hydrogen-bond acceptors (Lipinski definition) is 7. The van der Waals surface area contributed by atoms with Crippen LogP contribution in [0.4, 0.5) is 10.1 Å². The van der Waals surface area contributed by atoms with Crippen LogP contribution in [-0.2, 0) is 0 Å². The van der Waals surface area contributed by atoms with Gasteiger partial charge in [-0.05, 0) is 12.1 Å². The monoisotopic (exact) mass is 408 g/mol. The summed E-state index contributed by atoms with van der Waals surface area (Å²) in [6, 6.07) is 7.08. The molecule has 156 valence electrons. The first kappa shape index (κ1) is 21.7. The van der Waals surface area contributed by atoms with Gasteiger partial charge in [-0.25, -0.2) is 4.39 Å². The van der Waals surface area contributed by atoms with Crippen molar-refractivity contribution >= 4 is 11.6 Å². The summed E-state index contributed by atoms with van der Waals surface area (Å²) in [5.74, 6) is -1.25. The Morgan fingerprint density at radius 3 is 2.31 bits per heavy atom. The minimum Gasteiger partial charge on any atom is -0.493 e. The van der Waals surface area contributed by atoms with Crippen LogP contribution < -0.4 is 18.9 Å². The van der Waals surface area contributed by atoms with Crippen LogP contribution in [0.3, 0.4) is 0 Å². The average molecular weight is 408 g/mol. The van der Waals surface area contributed by atoms with Crippen molar-refractivity contribution < 1.29 is 33.1 Å². The molecule has 2 rings (SSSR count). The molecule has 2 aromatic carbocycles. The van der Waals surface area contributed by atoms with Crippen LogP contribution in [0.5, 0.6) is 23.0 Å². The van der Waals surface area contributed by atoms with Crippen molar-refractivity contribution in [3.05, 3.63) is 51.8 Å². The molecule has 0 aliphatic rings. The average Bonchev–Trinajstić information content (AvgIpc) is 2.72. The van der Waals surface area contributed by atoms with Gasteiger partial charge in [-0.15, -0.1) is 0 Å². The fourth-order valence-corrected chi connectivity index (χ4v) is 2.65. The Morgan fingerprint density at radius 2 is 1.76 bits per heavy atom. The van der Waals surface area contributed by atoms with Gasteiger partial charge in [0, 0.05) is 13.1 Å². The van der Waals surface area contributed by atoms with Crippen LogP contribution in [0.1, 0.15) is 10.4 Å². The number of nitro benzene ring substituents is 1. The first-order chi connectivity index (χ1) is 13.8. The number of halogens is 1. The Labute approximate surface area is 166 Å². The van der Waals surface area contributed by atoms with Crippen molar-refractivity contribution in [2.75, 3.05) is 41.5 Å². The van der Waals surface area contributed by atoms with Gasteiger partial charge < -0.3 is 23.8 Å². The van der Waals surface area contributed by atoms with Gasteiger partial charge in [0.2, 0.25) is 11.5 Å². The van der Waals surface area contributed by atoms with E-state index in [4.69, 9.17) is 18.9 Å². The largest absolute Gasteiger partial charge is 0.493 e. The molecule has 0 aliphatic heterocycles. The summed E-state index contributed by atoms with van der Waals surface area (Å²) < 4.78 is 34.3. The molecule has 0 radical (unpaired) electrons. The number of methoxy groups -OCH3 is 3. The van der Waals surface area contributed by atoms with Crippen LogP contribution in [0, 0.1) is 15.9 Å². The van der Waals surface area contributed by atoms with E-state index >= 15 is 0 Å². The first-order valence-corrected chi connectivity index (χ1v) is 8.45. The van der Waals surface area contributed by atoms with Crippen LogP contribution >= 0.6 is 0 Å². The van der Waals surface area contributed by atoms with Gasteiger partial charge in [-0.1, -0.05) is 12.1 Å². The van der Waals surface area contributed by atoms with E-state index in [2.05, 4.69) is 0 Å². The first-order valence-electron chi connectivity index (χ1n) is 8.45. The second-order valence-corrected chi connectivity index (χ2v) is 5.80. The van der Waals surface area contributed by atoms with Crippen molar-refractivity contribution in [3.8, 4) is 23.0 Å². The van der Waals surface area contributed by atoms with Gasteiger partial charge in [0.15, 0.2) is 17.3 Å². The molecule has 0 saturated carbocycles. The van der Waals surface area contributed by atoms with Crippen LogP contribution in [0.2, 0.25) is 0 Å². The molecule has 10 heteroatoms. The van der Waals surface area contributed by atoms with Crippen molar-refractivity contribution in [3.63, 3.8) is 0 Å². The predicted octanol–water partition coefficient (Wildman–Crippen LogP) is 2.91. The molecule has 0 saturated heterocycles. The minimum atomic E-state index is -0.724. The third-order valence-corrected chi connectivity index (χ3v) is 4.08. The van der Waals surface area contributed by atoms with E-state index in [-0.39, 0.29) is 41.7 Å². The quantitative estimate of drug-likeness (QED) is 0.464. The number of ether oxygens (including phenoxy) is 4. The molecule has 0 heterocycles. The van der Waals surface area contributed by atoms with Crippen molar-refractivity contribution in [1.82, 2.24) is 4.90 Å². The van der Waals surface area contributed by atoms with E-state index < -0.39 is 22.3 Å². The molecule has 0 spiro atoms. The molecule has 0 bridgehead atoms. The Hall–Kier alpha value is -3.56. The molecule has 29 heavy (non-hydrogen) atoms. The van der Waals surface area contributed by atoms with Gasteiger partial charge in [-0.3, -0.25) is 14.9 Å². The summed E-state index contributed by atoms with van der Waals surface area (Å²) in [7, 11) is 5.31. The van der Waals surface area contributed by atoms with E-state index in [9.17, 15) is 19.3 Å². The van der Waals surface area contributed by atoms with Crippen LogP contribution in [0.25, 0.3) is 0 Å². The lowest BCUT2D eigenvalue weighted by Gasteiger charge is -2.20. The highest BCUT2D eigenvalue weighted by molar-refractivity contribution is 6.00. The highest BCUT2D eigenvalue weighted by Crippen LogP contribution is 2.46. The summed E-state index contributed by atoms with van der Waals surface area (Å²) in [6.45, 7) is 0.0440. The van der Waals surface area contributed by atoms with Crippen molar-refractivity contribution in [2.45, 2.75) is 0 Å². The maximum atomic E-state index is 13.6. The lowest BCUT2D eigenvalue weighted by atomic mass is 10.1. The maximum Gasteiger partial charge on any atom is 0.327 e. The van der Waals surface area contributed by atoms with Gasteiger partial charge in [0.05, 0.1) is 32.8 Å². The van der Waals surface area contributed by atoms with E-state index in [0.29, 0.717) is 0 Å². The molecular formula is C19H21FN2O7. The lowest BCUT2D eigenvalue weighted by molar-refractivity contribution is -0.386. The number of carbonyl (C=O) groups excluding carboxylic acids is 1. The van der Waals surface area contributed by atoms with E-state index in [1.54, 1.807) is 6.07 Å². The number of para-hydroxylation sites is 1. The second-order valence-electron chi connectivity index (χ2n) is 5.80. The molecule has 0 N–H and O–H groups in total. The highest BCUT2D eigenvalue weighted by atomic mass is 19.1. The van der Waals surface area contributed by atoms with Gasteiger partial charge in [0.25, 0.3) is 5.91 Å². The smallest absolute Gasteiger partial charge is 0.327 e. The highest BCUT2D eigenvalue weighted by Gasteiger charge is 2.33. The maximum absolute atomic E-state index is 13.6. The molecule has 0 fully saturated rings. The Kier molecular flexibility index (Phi) is 7.18. The van der Waals surface area contributed by atoms with E-state index in [0.717, 1.165) is 0 Å². The summed E-state index contributed by atoms with van der Waals surface area (Å²) in [4.78, 5) is 25.0. The van der Waals surface area contributed by atoms with Gasteiger partial charge in [-0.2, -0.15) is 0 Å². The number of nitrogens with zero attached hydrogens (tertiary/aromatic N) is 2. The van der Waals surface area contributed by atoms with Crippen molar-refractivity contribution in [2.24, 2.45) is 0 Å². The van der Waals surface area contributed by atoms with E-state index in [1.165, 1.54) is 57.5 Å². The third-order valence-electron chi connectivity index (χ3n) is 4.08. The number of likely N-dealkylation sites (N-methyl/N-ethyl adjacent to an activating group) is 1. The van der Waals surface area contributed by atoms with Gasteiger partial charge in [0.1, 0.15) is 12.2 Å². The minimum absolute atomic E-state index is 0.00351. The molecular weight excluding hydrogens is 387 g/mol. The summed E-state index contributed by atoms with van der Waals surface area (Å²) in [6.07, 6.45) is 0. The fraction of sp³-hybridized carbons (Fsp3) is 0.316. The number of carbonyl (C=O) groups is 1. The number of nitro groups is 1. The molecule has 0 aromatic heterocycles. The predicted molar refractivity (Wildman–Crippen MR) is 102 cm³/mol. The standard InChI is InChI=1S/C19H21FN2O7/c1-21(9-10-29-14-8-6-5-7-13(14)20)19(23)12-11-15(26-2)17(27-3)18(28-4)16(12)22(24)25/h5-8,11H,9-10H2,1-4H3. The molecule has 0 unspecified atom stereocenters. The topological polar surface area (TPSA) is 100 Å². The Bertz CT molecular complexity index is 904. The number of amides is 1. The zero-order chi connectivity index (χ0) is 21.6. The molecule has 0 aliphatic carbocycles. The fourth-order valence-electron chi connectivity index (χ4n) is 2.65. The summed E-state index contributed by atoms with van der Waals surface area (Å²) >= 11 is 0. The van der Waals surface area contributed by atoms with Gasteiger partial charge >= 0.3 is 5.69 Å². The lowest BCUT2D eigenvalue weighted by Crippen LogP contribution is -2.31. The Balaban J connectivity index is 2.28. The normalized spacial score (nSPS) is 10.2. The molecule has 0 atom stereocenters.